The van der Waals surface area contributed by atoms with Gasteiger partial charge in [0.25, 0.3) is 0 Å². The average Bonchev–Trinajstić information content (AvgIpc) is 2.91. The van der Waals surface area contributed by atoms with Gasteiger partial charge in [-0.15, -0.1) is 11.3 Å². The summed E-state index contributed by atoms with van der Waals surface area (Å²) in [4.78, 5) is 30.6. The van der Waals surface area contributed by atoms with Crippen LogP contribution < -0.4 is 10.6 Å². The maximum Gasteiger partial charge on any atom is 0.248 e. The highest BCUT2D eigenvalue weighted by atomic mass is 32.1. The van der Waals surface area contributed by atoms with E-state index in [1.807, 2.05) is 19.2 Å². The molecule has 1 fully saturated rings. The number of hydrogen-bond acceptors (Lipinski definition) is 5. The van der Waals surface area contributed by atoms with Gasteiger partial charge in [-0.2, -0.15) is 0 Å². The zero-order valence-corrected chi connectivity index (χ0v) is 15.8. The lowest BCUT2D eigenvalue weighted by atomic mass is 10.0. The van der Waals surface area contributed by atoms with E-state index in [2.05, 4.69) is 27.4 Å². The van der Waals surface area contributed by atoms with Crippen molar-refractivity contribution < 1.29 is 9.59 Å². The van der Waals surface area contributed by atoms with E-state index in [1.165, 1.54) is 31.1 Å². The summed E-state index contributed by atoms with van der Waals surface area (Å²) in [6, 6.07) is -0.544. The molecular formula is C17H28N4O2S. The van der Waals surface area contributed by atoms with Crippen molar-refractivity contribution in [3.8, 4) is 0 Å². The van der Waals surface area contributed by atoms with E-state index in [4.69, 9.17) is 0 Å². The Morgan fingerprint density at radius 3 is 2.83 bits per heavy atom. The number of nitrogens with one attached hydrogen (secondary N) is 2. The Balaban J connectivity index is 1.92. The molecule has 0 radical (unpaired) electrons. The van der Waals surface area contributed by atoms with Crippen molar-refractivity contribution >= 4 is 28.3 Å². The van der Waals surface area contributed by atoms with Gasteiger partial charge in [-0.1, -0.05) is 20.8 Å². The molecule has 0 aromatic carbocycles. The Morgan fingerprint density at radius 2 is 2.21 bits per heavy atom. The van der Waals surface area contributed by atoms with Crippen molar-refractivity contribution in [3.05, 3.63) is 11.1 Å². The minimum atomic E-state index is -0.544. The first kappa shape index (κ1) is 18.9. The number of aromatic nitrogens is 1. The lowest BCUT2D eigenvalue weighted by molar-refractivity contribution is -0.126. The van der Waals surface area contributed by atoms with E-state index in [-0.39, 0.29) is 17.7 Å². The van der Waals surface area contributed by atoms with Gasteiger partial charge in [0, 0.05) is 25.4 Å². The topological polar surface area (TPSA) is 74.3 Å². The van der Waals surface area contributed by atoms with Crippen molar-refractivity contribution in [2.45, 2.75) is 53.1 Å². The van der Waals surface area contributed by atoms with Gasteiger partial charge in [-0.3, -0.25) is 14.5 Å². The van der Waals surface area contributed by atoms with Gasteiger partial charge < -0.3 is 10.6 Å². The van der Waals surface area contributed by atoms with E-state index < -0.39 is 6.04 Å². The maximum atomic E-state index is 12.4. The number of thiazole rings is 1. The molecule has 1 aliphatic heterocycles. The second-order valence-electron chi connectivity index (χ2n) is 7.04. The van der Waals surface area contributed by atoms with Crippen LogP contribution in [0.4, 0.5) is 5.13 Å². The molecule has 0 aliphatic carbocycles. The summed E-state index contributed by atoms with van der Waals surface area (Å²) >= 11 is 1.43. The second kappa shape index (κ2) is 8.58. The van der Waals surface area contributed by atoms with Crippen LogP contribution in [0.25, 0.3) is 0 Å². The highest BCUT2D eigenvalue weighted by Crippen LogP contribution is 2.21. The molecule has 24 heavy (non-hydrogen) atoms. The zero-order valence-electron chi connectivity index (χ0n) is 15.0. The van der Waals surface area contributed by atoms with E-state index >= 15 is 0 Å². The fourth-order valence-electron chi connectivity index (χ4n) is 3.03. The predicted octanol–water partition coefficient (Wildman–Crippen LogP) is 2.47. The molecule has 2 rings (SSSR count). The van der Waals surface area contributed by atoms with Crippen LogP contribution in [0.5, 0.6) is 0 Å². The third-order valence-corrected chi connectivity index (χ3v) is 5.02. The van der Waals surface area contributed by atoms with E-state index in [0.717, 1.165) is 31.2 Å². The minimum Gasteiger partial charge on any atom is -0.344 e. The predicted molar refractivity (Wildman–Crippen MR) is 96.9 cm³/mol. The van der Waals surface area contributed by atoms with E-state index in [0.29, 0.717) is 5.13 Å². The molecule has 2 atom stereocenters. The van der Waals surface area contributed by atoms with Crippen LogP contribution in [0.3, 0.4) is 0 Å². The largest absolute Gasteiger partial charge is 0.344 e. The van der Waals surface area contributed by atoms with Crippen LogP contribution in [0.1, 0.15) is 46.2 Å². The molecule has 0 spiro atoms. The molecule has 2 amide bonds. The zero-order chi connectivity index (χ0) is 17.7. The summed E-state index contributed by atoms with van der Waals surface area (Å²) in [7, 11) is 0. The number of carbonyl (C=O) groups excluding carboxylic acids is 2. The normalized spacial score (nSPS) is 20.0. The molecule has 2 N–H and O–H groups in total. The molecule has 0 bridgehead atoms. The van der Waals surface area contributed by atoms with Gasteiger partial charge in [0.1, 0.15) is 6.04 Å². The molecule has 134 valence electrons. The van der Waals surface area contributed by atoms with Crippen LogP contribution in [0.2, 0.25) is 0 Å². The number of piperidine rings is 1. The van der Waals surface area contributed by atoms with Crippen molar-refractivity contribution in [2.24, 2.45) is 11.8 Å². The Bertz CT molecular complexity index is 573. The van der Waals surface area contributed by atoms with Crippen LogP contribution in [-0.2, 0) is 16.1 Å². The third kappa shape index (κ3) is 5.56. The van der Waals surface area contributed by atoms with E-state index in [1.54, 1.807) is 0 Å². The Labute approximate surface area is 148 Å². The van der Waals surface area contributed by atoms with Crippen molar-refractivity contribution in [1.29, 1.82) is 0 Å². The average molecular weight is 353 g/mol. The maximum absolute atomic E-state index is 12.4. The first-order chi connectivity index (χ1) is 11.3. The number of amides is 2. The Kier molecular flexibility index (Phi) is 6.74. The van der Waals surface area contributed by atoms with Crippen molar-refractivity contribution in [1.82, 2.24) is 15.2 Å². The molecular weight excluding hydrogens is 324 g/mol. The molecule has 7 heteroatoms. The summed E-state index contributed by atoms with van der Waals surface area (Å²) < 4.78 is 0. The number of hydrogen-bond donors (Lipinski definition) is 2. The number of carbonyl (C=O) groups is 2. The highest BCUT2D eigenvalue weighted by Gasteiger charge is 2.24. The quantitative estimate of drug-likeness (QED) is 0.825. The highest BCUT2D eigenvalue weighted by molar-refractivity contribution is 7.13. The molecule has 2 heterocycles. The Morgan fingerprint density at radius 1 is 1.46 bits per heavy atom. The smallest absolute Gasteiger partial charge is 0.248 e. The standard InChI is InChI=1S/C17H28N4O2S/c1-11(2)15(18-13(4)22)16(23)20-17-19-14(10-24-17)9-21-7-5-6-12(3)8-21/h10-12,15H,5-9H2,1-4H3,(H,18,22)(H,19,20,23)/t12-,15-/m0/s1. The molecule has 6 nitrogen and oxygen atoms in total. The molecule has 1 saturated heterocycles. The summed E-state index contributed by atoms with van der Waals surface area (Å²) in [5, 5.41) is 8.12. The van der Waals surface area contributed by atoms with E-state index in [9.17, 15) is 9.59 Å². The third-order valence-electron chi connectivity index (χ3n) is 4.22. The summed E-state index contributed by atoms with van der Waals surface area (Å²) in [5.74, 6) is 0.333. The number of nitrogens with zero attached hydrogens (tertiary/aromatic N) is 2. The molecule has 1 aliphatic rings. The SMILES string of the molecule is CC(=O)N[C@H](C(=O)Nc1nc(CN2CCC[C@H](C)C2)cs1)C(C)C. The fourth-order valence-corrected chi connectivity index (χ4v) is 3.74. The molecule has 0 saturated carbocycles. The van der Waals surface area contributed by atoms with Gasteiger partial charge in [-0.25, -0.2) is 4.98 Å². The number of rotatable bonds is 6. The fraction of sp³-hybridized carbons (Fsp3) is 0.706. The van der Waals surface area contributed by atoms with Crippen LogP contribution in [0, 0.1) is 11.8 Å². The van der Waals surface area contributed by atoms with Gasteiger partial charge in [0.15, 0.2) is 5.13 Å². The van der Waals surface area contributed by atoms with Gasteiger partial charge in [-0.05, 0) is 31.2 Å². The first-order valence-corrected chi connectivity index (χ1v) is 9.48. The van der Waals surface area contributed by atoms with Gasteiger partial charge in [0.2, 0.25) is 11.8 Å². The second-order valence-corrected chi connectivity index (χ2v) is 7.90. The monoisotopic (exact) mass is 352 g/mol. The summed E-state index contributed by atoms with van der Waals surface area (Å²) in [5.41, 5.74) is 0.991. The van der Waals surface area contributed by atoms with Crippen LogP contribution >= 0.6 is 11.3 Å². The van der Waals surface area contributed by atoms with Gasteiger partial charge >= 0.3 is 0 Å². The van der Waals surface area contributed by atoms with Crippen LogP contribution in [-0.4, -0.2) is 40.8 Å². The van der Waals surface area contributed by atoms with Crippen molar-refractivity contribution in [2.75, 3.05) is 18.4 Å². The van der Waals surface area contributed by atoms with Crippen molar-refractivity contribution in [3.63, 3.8) is 0 Å². The lowest BCUT2D eigenvalue weighted by Crippen LogP contribution is -2.46. The molecule has 1 aromatic heterocycles. The first-order valence-electron chi connectivity index (χ1n) is 8.60. The minimum absolute atomic E-state index is 0.0168. The molecule has 1 aromatic rings. The summed E-state index contributed by atoms with van der Waals surface area (Å²) in [6.07, 6.45) is 2.54. The molecule has 0 unspecified atom stereocenters. The van der Waals surface area contributed by atoms with Crippen LogP contribution in [0.15, 0.2) is 5.38 Å². The number of likely N-dealkylation sites (tertiary alicyclic amines) is 1. The van der Waals surface area contributed by atoms with Gasteiger partial charge in [0.05, 0.1) is 5.69 Å². The summed E-state index contributed by atoms with van der Waals surface area (Å²) in [6.45, 7) is 10.6. The Hall–Kier alpha value is -1.47. The lowest BCUT2D eigenvalue weighted by Gasteiger charge is -2.30. The number of anilines is 1.